The molecule has 0 saturated heterocycles. The number of fused-ring (bicyclic) bond motifs is 1. The molecule has 1 aromatic heterocycles. The second kappa shape index (κ2) is 7.09. The summed E-state index contributed by atoms with van der Waals surface area (Å²) in [6, 6.07) is 8.48. The lowest BCUT2D eigenvalue weighted by molar-refractivity contribution is 0.443. The zero-order valence-electron chi connectivity index (χ0n) is 10.6. The van der Waals surface area contributed by atoms with Crippen LogP contribution in [0.5, 0.6) is 0 Å². The summed E-state index contributed by atoms with van der Waals surface area (Å²) in [4.78, 5) is 4.75. The molecule has 0 spiro atoms. The van der Waals surface area contributed by atoms with Gasteiger partial charge in [0.1, 0.15) is 0 Å². The van der Waals surface area contributed by atoms with E-state index >= 15 is 0 Å². The molecule has 1 fully saturated rings. The molecule has 104 valence electrons. The SMILES string of the molecule is NS(=O)[O-].c1ccc2sc(C3CCCCC3)nc2c1. The number of benzene rings is 1. The second-order valence-electron chi connectivity index (χ2n) is 4.62. The van der Waals surface area contributed by atoms with E-state index in [4.69, 9.17) is 13.7 Å². The standard InChI is InChI=1S/C13H15NS.H3NO2S/c1-2-6-10(7-3-1)13-14-11-8-4-5-9-12(11)15-13;1-4(2)3/h4-5,8-10H,1-3,6-7H2;1H2,(H,2,3)/p-1. The van der Waals surface area contributed by atoms with E-state index in [1.165, 1.54) is 47.3 Å². The molecule has 1 aromatic carbocycles. The van der Waals surface area contributed by atoms with Gasteiger partial charge >= 0.3 is 0 Å². The van der Waals surface area contributed by atoms with Crippen LogP contribution in [0.25, 0.3) is 10.2 Å². The van der Waals surface area contributed by atoms with Gasteiger partial charge in [-0.2, -0.15) is 0 Å². The fraction of sp³-hybridized carbons (Fsp3) is 0.462. The number of aromatic nitrogens is 1. The summed E-state index contributed by atoms with van der Waals surface area (Å²) in [6.45, 7) is 0. The predicted octanol–water partition coefficient (Wildman–Crippen LogP) is 3.08. The molecule has 1 heterocycles. The maximum Gasteiger partial charge on any atom is 0.0969 e. The Morgan fingerprint density at radius 3 is 2.53 bits per heavy atom. The van der Waals surface area contributed by atoms with Crippen LogP contribution < -0.4 is 5.14 Å². The number of hydrogen-bond donors (Lipinski definition) is 1. The van der Waals surface area contributed by atoms with Crippen molar-refractivity contribution in [3.05, 3.63) is 29.3 Å². The van der Waals surface area contributed by atoms with Gasteiger partial charge in [0.05, 0.1) is 15.2 Å². The highest BCUT2D eigenvalue weighted by Crippen LogP contribution is 2.36. The molecule has 0 bridgehead atoms. The quantitative estimate of drug-likeness (QED) is 0.821. The van der Waals surface area contributed by atoms with Gasteiger partial charge in [0.15, 0.2) is 0 Å². The molecule has 1 aliphatic rings. The van der Waals surface area contributed by atoms with Gasteiger partial charge in [0, 0.05) is 17.2 Å². The molecule has 3 rings (SSSR count). The van der Waals surface area contributed by atoms with Gasteiger partial charge in [-0.25, -0.2) is 4.98 Å². The normalized spacial score (nSPS) is 17.8. The van der Waals surface area contributed by atoms with Gasteiger partial charge in [0.2, 0.25) is 0 Å². The molecular weight excluding hydrogens is 280 g/mol. The maximum absolute atomic E-state index is 8.78. The Kier molecular flexibility index (Phi) is 5.45. The summed E-state index contributed by atoms with van der Waals surface area (Å²) in [5.41, 5.74) is 1.18. The van der Waals surface area contributed by atoms with Crippen molar-refractivity contribution in [1.29, 1.82) is 0 Å². The van der Waals surface area contributed by atoms with Crippen molar-refractivity contribution < 1.29 is 8.76 Å². The first-order chi connectivity index (χ1) is 9.16. The minimum absolute atomic E-state index is 0.746. The Hall–Kier alpha value is -0.820. The highest BCUT2D eigenvalue weighted by atomic mass is 32.2. The smallest absolute Gasteiger partial charge is 0.0969 e. The molecule has 4 nitrogen and oxygen atoms in total. The number of hydrogen-bond acceptors (Lipinski definition) is 4. The van der Waals surface area contributed by atoms with E-state index in [1.807, 2.05) is 11.3 Å². The maximum atomic E-state index is 8.78. The fourth-order valence-corrected chi connectivity index (χ4v) is 3.55. The molecule has 0 radical (unpaired) electrons. The lowest BCUT2D eigenvalue weighted by Gasteiger charge is -2.18. The van der Waals surface area contributed by atoms with Crippen molar-refractivity contribution in [2.45, 2.75) is 38.0 Å². The van der Waals surface area contributed by atoms with Crippen molar-refractivity contribution in [1.82, 2.24) is 4.98 Å². The molecule has 6 heteroatoms. The Labute approximate surface area is 119 Å². The van der Waals surface area contributed by atoms with E-state index in [0.717, 1.165) is 5.92 Å². The Balaban J connectivity index is 0.000000297. The molecule has 2 N–H and O–H groups in total. The largest absolute Gasteiger partial charge is 0.760 e. The first kappa shape index (κ1) is 14.6. The van der Waals surface area contributed by atoms with Crippen LogP contribution in [-0.2, 0) is 11.3 Å². The Morgan fingerprint density at radius 1 is 1.26 bits per heavy atom. The summed E-state index contributed by atoms with van der Waals surface area (Å²) in [7, 11) is 0. The molecule has 0 aliphatic heterocycles. The number of nitrogens with zero attached hydrogens (tertiary/aromatic N) is 1. The van der Waals surface area contributed by atoms with Crippen LogP contribution in [0.4, 0.5) is 0 Å². The number of nitrogens with two attached hydrogens (primary N) is 1. The number of thiazole rings is 1. The molecule has 19 heavy (non-hydrogen) atoms. The summed E-state index contributed by atoms with van der Waals surface area (Å²) in [6.07, 6.45) is 6.89. The van der Waals surface area contributed by atoms with Crippen LogP contribution in [-0.4, -0.2) is 13.7 Å². The topological polar surface area (TPSA) is 79.0 Å². The first-order valence-corrected chi connectivity index (χ1v) is 8.31. The number of para-hydroxylation sites is 1. The van der Waals surface area contributed by atoms with Gasteiger partial charge in [-0.3, -0.25) is 9.35 Å². The van der Waals surface area contributed by atoms with Crippen LogP contribution in [0.1, 0.15) is 43.0 Å². The molecular formula is C13H17N2O2S2-. The average molecular weight is 297 g/mol. The molecule has 2 aromatic rings. The van der Waals surface area contributed by atoms with Gasteiger partial charge in [-0.05, 0) is 25.0 Å². The van der Waals surface area contributed by atoms with Gasteiger partial charge in [0.25, 0.3) is 0 Å². The van der Waals surface area contributed by atoms with E-state index in [9.17, 15) is 0 Å². The van der Waals surface area contributed by atoms with Gasteiger partial charge in [-0.15, -0.1) is 11.3 Å². The van der Waals surface area contributed by atoms with Crippen LogP contribution in [0.2, 0.25) is 0 Å². The van der Waals surface area contributed by atoms with Gasteiger partial charge in [-0.1, -0.05) is 31.4 Å². The molecule has 1 aliphatic carbocycles. The highest BCUT2D eigenvalue weighted by molar-refractivity contribution is 7.76. The van der Waals surface area contributed by atoms with Crippen molar-refractivity contribution in [2.24, 2.45) is 5.14 Å². The van der Waals surface area contributed by atoms with E-state index in [-0.39, 0.29) is 0 Å². The van der Waals surface area contributed by atoms with Crippen LogP contribution in [0.3, 0.4) is 0 Å². The predicted molar refractivity (Wildman–Crippen MR) is 78.6 cm³/mol. The zero-order chi connectivity index (χ0) is 13.7. The third-order valence-corrected chi connectivity index (χ3v) is 4.46. The Bertz CT molecular complexity index is 513. The highest BCUT2D eigenvalue weighted by Gasteiger charge is 2.18. The third-order valence-electron chi connectivity index (χ3n) is 3.26. The van der Waals surface area contributed by atoms with Crippen LogP contribution in [0, 0.1) is 0 Å². The molecule has 1 saturated carbocycles. The van der Waals surface area contributed by atoms with Crippen molar-refractivity contribution in [3.63, 3.8) is 0 Å². The third kappa shape index (κ3) is 4.35. The van der Waals surface area contributed by atoms with Crippen molar-refractivity contribution in [2.75, 3.05) is 0 Å². The molecule has 1 unspecified atom stereocenters. The summed E-state index contributed by atoms with van der Waals surface area (Å²) in [5, 5.41) is 5.40. The minimum Gasteiger partial charge on any atom is -0.760 e. The minimum atomic E-state index is -2.36. The first-order valence-electron chi connectivity index (χ1n) is 6.36. The molecule has 1 atom stereocenters. The summed E-state index contributed by atoms with van der Waals surface area (Å²) < 4.78 is 18.9. The number of rotatable bonds is 1. The summed E-state index contributed by atoms with van der Waals surface area (Å²) >= 11 is -0.468. The van der Waals surface area contributed by atoms with E-state index in [1.54, 1.807) is 0 Å². The van der Waals surface area contributed by atoms with Crippen molar-refractivity contribution in [3.8, 4) is 0 Å². The van der Waals surface area contributed by atoms with E-state index in [2.05, 4.69) is 29.4 Å². The van der Waals surface area contributed by atoms with E-state index < -0.39 is 11.3 Å². The second-order valence-corrected chi connectivity index (χ2v) is 6.20. The lowest BCUT2D eigenvalue weighted by Crippen LogP contribution is -2.03. The lowest BCUT2D eigenvalue weighted by atomic mass is 9.90. The Morgan fingerprint density at radius 2 is 1.89 bits per heavy atom. The molecule has 0 amide bonds. The zero-order valence-corrected chi connectivity index (χ0v) is 12.2. The average Bonchev–Trinajstić information content (AvgIpc) is 2.83. The van der Waals surface area contributed by atoms with Crippen molar-refractivity contribution >= 4 is 32.8 Å². The summed E-state index contributed by atoms with van der Waals surface area (Å²) in [5.74, 6) is 0.746. The van der Waals surface area contributed by atoms with Crippen LogP contribution in [0.15, 0.2) is 24.3 Å². The van der Waals surface area contributed by atoms with Crippen LogP contribution >= 0.6 is 11.3 Å². The fourth-order valence-electron chi connectivity index (χ4n) is 2.41. The monoisotopic (exact) mass is 297 g/mol. The van der Waals surface area contributed by atoms with Gasteiger partial charge < -0.3 is 4.55 Å². The van der Waals surface area contributed by atoms with E-state index in [0.29, 0.717) is 0 Å².